The zero-order valence-electron chi connectivity index (χ0n) is 7.48. The van der Waals surface area contributed by atoms with Crippen molar-refractivity contribution in [2.75, 3.05) is 13.2 Å². The molecule has 1 unspecified atom stereocenters. The zero-order chi connectivity index (χ0) is 9.52. The lowest BCUT2D eigenvalue weighted by atomic mass is 10.2. The molecule has 71 valence electrons. The highest BCUT2D eigenvalue weighted by Gasteiger charge is 2.07. The first kappa shape index (κ1) is 10.0. The Kier molecular flexibility index (Phi) is 4.29. The first-order chi connectivity index (χ1) is 6.36. The van der Waals surface area contributed by atoms with Gasteiger partial charge in [0, 0.05) is 0 Å². The Labute approximate surface area is 78.1 Å². The fraction of sp³-hybridized carbons (Fsp3) is 0.400. The van der Waals surface area contributed by atoms with E-state index in [1.54, 1.807) is 0 Å². The monoisotopic (exact) mass is 180 g/mol. The van der Waals surface area contributed by atoms with E-state index in [0.717, 1.165) is 5.75 Å². The zero-order valence-corrected chi connectivity index (χ0v) is 7.48. The van der Waals surface area contributed by atoms with Crippen LogP contribution in [0.4, 0.5) is 0 Å². The van der Waals surface area contributed by atoms with Crippen molar-refractivity contribution in [2.24, 2.45) is 5.73 Å². The fourth-order valence-corrected chi connectivity index (χ4v) is 1.05. The third-order valence-electron chi connectivity index (χ3n) is 1.72. The lowest BCUT2D eigenvalue weighted by Gasteiger charge is -2.14. The summed E-state index contributed by atoms with van der Waals surface area (Å²) in [7, 11) is 0. The largest absolute Gasteiger partial charge is 0.488 e. The Morgan fingerprint density at radius 1 is 1.31 bits per heavy atom. The van der Waals surface area contributed by atoms with Crippen molar-refractivity contribution in [2.45, 2.75) is 12.5 Å². The van der Waals surface area contributed by atoms with E-state index in [1.807, 2.05) is 30.3 Å². The van der Waals surface area contributed by atoms with Crippen LogP contribution in [0.25, 0.3) is 0 Å². The molecule has 0 spiro atoms. The van der Waals surface area contributed by atoms with Gasteiger partial charge in [0.2, 0.25) is 0 Å². The lowest BCUT2D eigenvalue weighted by Crippen LogP contribution is -2.23. The molecule has 1 radical (unpaired) electrons. The van der Waals surface area contributed by atoms with Crippen molar-refractivity contribution >= 4 is 0 Å². The molecular weight excluding hydrogens is 166 g/mol. The van der Waals surface area contributed by atoms with Crippen LogP contribution in [0.2, 0.25) is 0 Å². The molecule has 0 aliphatic rings. The van der Waals surface area contributed by atoms with Crippen LogP contribution in [0, 0.1) is 0 Å². The Morgan fingerprint density at radius 3 is 2.54 bits per heavy atom. The molecule has 2 N–H and O–H groups in total. The molecule has 1 atom stereocenters. The molecule has 13 heavy (non-hydrogen) atoms. The fourth-order valence-electron chi connectivity index (χ4n) is 1.05. The van der Waals surface area contributed by atoms with Gasteiger partial charge in [-0.2, -0.15) is 0 Å². The highest BCUT2D eigenvalue weighted by molar-refractivity contribution is 5.21. The molecule has 3 heteroatoms. The van der Waals surface area contributed by atoms with E-state index in [9.17, 15) is 5.11 Å². The van der Waals surface area contributed by atoms with Crippen molar-refractivity contribution in [3.63, 3.8) is 0 Å². The molecule has 1 rings (SSSR count). The summed E-state index contributed by atoms with van der Waals surface area (Å²) >= 11 is 0. The van der Waals surface area contributed by atoms with E-state index in [4.69, 9.17) is 10.5 Å². The van der Waals surface area contributed by atoms with E-state index in [1.165, 1.54) is 0 Å². The second-order valence-corrected chi connectivity index (χ2v) is 2.80. The standard InChI is InChI=1S/C10H14NO2/c11-7-6-10(8-12)13-9-4-2-1-3-5-9/h1-5,10H,6-8,11H2. The lowest BCUT2D eigenvalue weighted by molar-refractivity contribution is 0.0680. The Hall–Kier alpha value is -1.06. The molecule has 3 nitrogen and oxygen atoms in total. The highest BCUT2D eigenvalue weighted by Crippen LogP contribution is 2.11. The summed E-state index contributed by atoms with van der Waals surface area (Å²) in [5.74, 6) is 0.733. The summed E-state index contributed by atoms with van der Waals surface area (Å²) in [5, 5.41) is 10.6. The average molecular weight is 180 g/mol. The van der Waals surface area contributed by atoms with Gasteiger partial charge in [0.05, 0.1) is 0 Å². The second-order valence-electron chi connectivity index (χ2n) is 2.80. The molecule has 0 aromatic heterocycles. The van der Waals surface area contributed by atoms with Crippen LogP contribution in [0.15, 0.2) is 30.3 Å². The minimum absolute atomic E-state index is 0.244. The van der Waals surface area contributed by atoms with Crippen molar-refractivity contribution in [3.8, 4) is 5.75 Å². The number of rotatable bonds is 5. The molecule has 1 aromatic carbocycles. The molecule has 1 aromatic rings. The van der Waals surface area contributed by atoms with Gasteiger partial charge in [-0.15, -0.1) is 0 Å². The maximum Gasteiger partial charge on any atom is 0.126 e. The topological polar surface area (TPSA) is 55.2 Å². The van der Waals surface area contributed by atoms with Crippen molar-refractivity contribution < 1.29 is 9.84 Å². The third-order valence-corrected chi connectivity index (χ3v) is 1.72. The molecule has 0 fully saturated rings. The van der Waals surface area contributed by atoms with Crippen LogP contribution in [0.1, 0.15) is 6.42 Å². The van der Waals surface area contributed by atoms with Crippen LogP contribution in [0.3, 0.4) is 0 Å². The van der Waals surface area contributed by atoms with Gasteiger partial charge in [-0.05, 0) is 25.1 Å². The van der Waals surface area contributed by atoms with Gasteiger partial charge in [-0.1, -0.05) is 18.2 Å². The van der Waals surface area contributed by atoms with Gasteiger partial charge >= 0.3 is 0 Å². The molecular formula is C10H14NO2. The van der Waals surface area contributed by atoms with Crippen molar-refractivity contribution in [3.05, 3.63) is 30.3 Å². The quantitative estimate of drug-likeness (QED) is 0.740. The highest BCUT2D eigenvalue weighted by atomic mass is 16.5. The predicted molar refractivity (Wildman–Crippen MR) is 50.1 cm³/mol. The SMILES string of the molecule is NCCC(C[O])Oc1ccccc1. The Morgan fingerprint density at radius 2 is 2.00 bits per heavy atom. The average Bonchev–Trinajstić information content (AvgIpc) is 2.19. The number of hydrogen-bond donors (Lipinski definition) is 1. The van der Waals surface area contributed by atoms with E-state index in [2.05, 4.69) is 0 Å². The summed E-state index contributed by atoms with van der Waals surface area (Å²) in [4.78, 5) is 0. The molecule has 0 bridgehead atoms. The third kappa shape index (κ3) is 3.44. The van der Waals surface area contributed by atoms with Crippen molar-refractivity contribution in [1.29, 1.82) is 0 Å². The van der Waals surface area contributed by atoms with Crippen LogP contribution in [0.5, 0.6) is 5.75 Å². The van der Waals surface area contributed by atoms with Crippen LogP contribution >= 0.6 is 0 Å². The minimum Gasteiger partial charge on any atom is -0.488 e. The van der Waals surface area contributed by atoms with Gasteiger partial charge < -0.3 is 10.5 Å². The molecule has 0 amide bonds. The molecule has 0 aliphatic carbocycles. The molecule has 0 saturated heterocycles. The van der Waals surface area contributed by atoms with E-state index < -0.39 is 0 Å². The summed E-state index contributed by atoms with van der Waals surface area (Å²) in [6.45, 7) is 0.242. The number of para-hydroxylation sites is 1. The number of hydrogen-bond acceptors (Lipinski definition) is 2. The number of benzene rings is 1. The van der Waals surface area contributed by atoms with Gasteiger partial charge in [0.25, 0.3) is 0 Å². The van der Waals surface area contributed by atoms with Crippen LogP contribution in [-0.4, -0.2) is 19.3 Å². The Bertz CT molecular complexity index is 226. The predicted octanol–water partition coefficient (Wildman–Crippen LogP) is 1.21. The van der Waals surface area contributed by atoms with Crippen molar-refractivity contribution in [1.82, 2.24) is 0 Å². The summed E-state index contributed by atoms with van der Waals surface area (Å²) < 4.78 is 5.41. The maximum atomic E-state index is 10.6. The maximum absolute atomic E-state index is 10.6. The van der Waals surface area contributed by atoms with Gasteiger partial charge in [0.1, 0.15) is 18.5 Å². The van der Waals surface area contributed by atoms with Gasteiger partial charge in [-0.25, -0.2) is 5.11 Å². The molecule has 0 aliphatic heterocycles. The smallest absolute Gasteiger partial charge is 0.126 e. The molecule has 0 saturated carbocycles. The minimum atomic E-state index is -0.299. The summed E-state index contributed by atoms with van der Waals surface area (Å²) in [6.07, 6.45) is 0.311. The summed E-state index contributed by atoms with van der Waals surface area (Å²) in [5.41, 5.74) is 5.34. The van der Waals surface area contributed by atoms with E-state index in [0.29, 0.717) is 13.0 Å². The van der Waals surface area contributed by atoms with Gasteiger partial charge in [-0.3, -0.25) is 0 Å². The van der Waals surface area contributed by atoms with E-state index >= 15 is 0 Å². The molecule has 0 heterocycles. The number of ether oxygens (including phenoxy) is 1. The van der Waals surface area contributed by atoms with Crippen LogP contribution in [-0.2, 0) is 5.11 Å². The first-order valence-electron chi connectivity index (χ1n) is 4.36. The van der Waals surface area contributed by atoms with Gasteiger partial charge in [0.15, 0.2) is 0 Å². The van der Waals surface area contributed by atoms with Crippen LogP contribution < -0.4 is 10.5 Å². The Balaban J connectivity index is 2.46. The second kappa shape index (κ2) is 5.56. The first-order valence-corrected chi connectivity index (χ1v) is 4.36. The van der Waals surface area contributed by atoms with E-state index in [-0.39, 0.29) is 12.7 Å². The normalized spacial score (nSPS) is 12.5. The summed E-state index contributed by atoms with van der Waals surface area (Å²) in [6, 6.07) is 9.32. The number of nitrogens with two attached hydrogens (primary N) is 1.